The summed E-state index contributed by atoms with van der Waals surface area (Å²) in [6.07, 6.45) is 1.41. The number of aryl methyl sites for hydroxylation is 2. The molecule has 0 saturated heterocycles. The summed E-state index contributed by atoms with van der Waals surface area (Å²) >= 11 is 0. The Labute approximate surface area is 124 Å². The molecule has 0 aromatic heterocycles. The van der Waals surface area contributed by atoms with Gasteiger partial charge in [-0.15, -0.1) is 0 Å². The molecule has 0 amide bonds. The van der Waals surface area contributed by atoms with Crippen LogP contribution in [0.25, 0.3) is 0 Å². The Morgan fingerprint density at radius 1 is 1.29 bits per heavy atom. The molecule has 0 spiro atoms. The van der Waals surface area contributed by atoms with Gasteiger partial charge in [-0.3, -0.25) is 0 Å². The topological polar surface area (TPSA) is 29.5 Å². The van der Waals surface area contributed by atoms with Crippen LogP contribution in [-0.2, 0) is 12.8 Å². The van der Waals surface area contributed by atoms with Gasteiger partial charge in [-0.25, -0.2) is 4.39 Å². The normalized spacial score (nSPS) is 14.6. The summed E-state index contributed by atoms with van der Waals surface area (Å²) in [4.78, 5) is 0. The summed E-state index contributed by atoms with van der Waals surface area (Å²) in [5.74, 6) is 0.663. The van der Waals surface area contributed by atoms with Crippen LogP contribution in [0.1, 0.15) is 34.8 Å². The molecule has 2 aromatic rings. The van der Waals surface area contributed by atoms with E-state index in [1.54, 1.807) is 25.1 Å². The van der Waals surface area contributed by atoms with E-state index >= 15 is 0 Å². The van der Waals surface area contributed by atoms with E-state index in [4.69, 9.17) is 4.74 Å². The highest BCUT2D eigenvalue weighted by Gasteiger charge is 2.16. The SMILES string of the molecule is Cc1cccc(C(O)CCc2ccc3c(c2)CCO3)c1F. The number of rotatable bonds is 4. The second kappa shape index (κ2) is 5.86. The van der Waals surface area contributed by atoms with E-state index in [0.717, 1.165) is 30.8 Å². The molecule has 1 N–H and O–H groups in total. The van der Waals surface area contributed by atoms with Crippen LogP contribution in [0.3, 0.4) is 0 Å². The van der Waals surface area contributed by atoms with Crippen molar-refractivity contribution in [2.45, 2.75) is 32.3 Å². The van der Waals surface area contributed by atoms with Gasteiger partial charge >= 0.3 is 0 Å². The molecule has 0 bridgehead atoms. The van der Waals surface area contributed by atoms with Crippen LogP contribution in [-0.4, -0.2) is 11.7 Å². The van der Waals surface area contributed by atoms with Crippen molar-refractivity contribution in [3.63, 3.8) is 0 Å². The fourth-order valence-electron chi connectivity index (χ4n) is 2.78. The molecule has 3 rings (SSSR count). The summed E-state index contributed by atoms with van der Waals surface area (Å²) in [6, 6.07) is 11.3. The van der Waals surface area contributed by atoms with Crippen LogP contribution >= 0.6 is 0 Å². The zero-order chi connectivity index (χ0) is 14.8. The molecule has 0 fully saturated rings. The third-order valence-electron chi connectivity index (χ3n) is 4.04. The van der Waals surface area contributed by atoms with Gasteiger partial charge in [0.2, 0.25) is 0 Å². The first-order chi connectivity index (χ1) is 10.1. The summed E-state index contributed by atoms with van der Waals surface area (Å²) in [7, 11) is 0. The van der Waals surface area contributed by atoms with Gasteiger partial charge in [0.1, 0.15) is 11.6 Å². The number of halogens is 1. The largest absolute Gasteiger partial charge is 0.493 e. The Balaban J connectivity index is 1.68. The minimum atomic E-state index is -0.769. The average molecular weight is 286 g/mol. The molecule has 2 aromatic carbocycles. The minimum Gasteiger partial charge on any atom is -0.493 e. The molecule has 1 aliphatic heterocycles. The lowest BCUT2D eigenvalue weighted by Gasteiger charge is -2.13. The number of benzene rings is 2. The lowest BCUT2D eigenvalue weighted by Crippen LogP contribution is -2.03. The van der Waals surface area contributed by atoms with Gasteiger partial charge in [-0.1, -0.05) is 30.3 Å². The molecular weight excluding hydrogens is 267 g/mol. The van der Waals surface area contributed by atoms with Crippen molar-refractivity contribution in [3.05, 3.63) is 64.5 Å². The van der Waals surface area contributed by atoms with E-state index in [0.29, 0.717) is 17.5 Å². The molecule has 0 saturated carbocycles. The first-order valence-corrected chi connectivity index (χ1v) is 7.33. The maximum absolute atomic E-state index is 14.0. The van der Waals surface area contributed by atoms with Gasteiger partial charge < -0.3 is 9.84 Å². The highest BCUT2D eigenvalue weighted by atomic mass is 19.1. The molecule has 1 aliphatic rings. The zero-order valence-corrected chi connectivity index (χ0v) is 12.1. The van der Waals surface area contributed by atoms with Crippen LogP contribution in [0.5, 0.6) is 5.75 Å². The molecule has 1 heterocycles. The number of aliphatic hydroxyl groups is 1. The predicted molar refractivity (Wildman–Crippen MR) is 80.1 cm³/mol. The Kier molecular flexibility index (Phi) is 3.93. The van der Waals surface area contributed by atoms with Crippen molar-refractivity contribution < 1.29 is 14.2 Å². The van der Waals surface area contributed by atoms with E-state index in [9.17, 15) is 9.50 Å². The van der Waals surface area contributed by atoms with Gasteiger partial charge in [-0.05, 0) is 42.5 Å². The maximum Gasteiger partial charge on any atom is 0.131 e. The Bertz CT molecular complexity index is 652. The molecular formula is C18H19FO2. The van der Waals surface area contributed by atoms with Gasteiger partial charge in [0.05, 0.1) is 12.7 Å². The lowest BCUT2D eigenvalue weighted by molar-refractivity contribution is 0.163. The second-order valence-corrected chi connectivity index (χ2v) is 5.57. The highest BCUT2D eigenvalue weighted by molar-refractivity contribution is 5.40. The summed E-state index contributed by atoms with van der Waals surface area (Å²) < 4.78 is 19.5. The second-order valence-electron chi connectivity index (χ2n) is 5.57. The first-order valence-electron chi connectivity index (χ1n) is 7.33. The molecule has 0 aliphatic carbocycles. The van der Waals surface area contributed by atoms with E-state index in [1.807, 2.05) is 12.1 Å². The van der Waals surface area contributed by atoms with Gasteiger partial charge in [0, 0.05) is 12.0 Å². The van der Waals surface area contributed by atoms with Gasteiger partial charge in [-0.2, -0.15) is 0 Å². The third kappa shape index (κ3) is 2.93. The van der Waals surface area contributed by atoms with Crippen molar-refractivity contribution >= 4 is 0 Å². The molecule has 3 heteroatoms. The van der Waals surface area contributed by atoms with E-state index in [-0.39, 0.29) is 5.82 Å². The zero-order valence-electron chi connectivity index (χ0n) is 12.1. The smallest absolute Gasteiger partial charge is 0.131 e. The summed E-state index contributed by atoms with van der Waals surface area (Å²) in [6.45, 7) is 2.46. The first kappa shape index (κ1) is 14.1. The van der Waals surface area contributed by atoms with Crippen LogP contribution < -0.4 is 4.74 Å². The lowest BCUT2D eigenvalue weighted by atomic mass is 9.98. The number of fused-ring (bicyclic) bond motifs is 1. The summed E-state index contributed by atoms with van der Waals surface area (Å²) in [5.41, 5.74) is 3.34. The molecule has 2 nitrogen and oxygen atoms in total. The number of aliphatic hydroxyl groups excluding tert-OH is 1. The van der Waals surface area contributed by atoms with E-state index in [2.05, 4.69) is 6.07 Å². The number of hydrogen-bond acceptors (Lipinski definition) is 2. The average Bonchev–Trinajstić information content (AvgIpc) is 2.95. The van der Waals surface area contributed by atoms with Crippen molar-refractivity contribution in [1.29, 1.82) is 0 Å². The molecule has 0 radical (unpaired) electrons. The number of ether oxygens (including phenoxy) is 1. The quantitative estimate of drug-likeness (QED) is 0.928. The van der Waals surface area contributed by atoms with Crippen molar-refractivity contribution in [2.75, 3.05) is 6.61 Å². The molecule has 1 unspecified atom stereocenters. The Hall–Kier alpha value is -1.87. The monoisotopic (exact) mass is 286 g/mol. The molecule has 110 valence electrons. The summed E-state index contributed by atoms with van der Waals surface area (Å²) in [5, 5.41) is 10.2. The standard InChI is InChI=1S/C18H19FO2/c1-12-3-2-4-15(18(12)19)16(20)7-5-13-6-8-17-14(11-13)9-10-21-17/h2-4,6,8,11,16,20H,5,7,9-10H2,1H3. The maximum atomic E-state index is 14.0. The van der Waals surface area contributed by atoms with Crippen molar-refractivity contribution in [3.8, 4) is 5.75 Å². The fraction of sp³-hybridized carbons (Fsp3) is 0.333. The highest BCUT2D eigenvalue weighted by Crippen LogP contribution is 2.28. The number of hydrogen-bond donors (Lipinski definition) is 1. The van der Waals surface area contributed by atoms with Crippen LogP contribution in [0.4, 0.5) is 4.39 Å². The predicted octanol–water partition coefficient (Wildman–Crippen LogP) is 3.74. The van der Waals surface area contributed by atoms with Crippen molar-refractivity contribution in [1.82, 2.24) is 0 Å². The van der Waals surface area contributed by atoms with Crippen LogP contribution in [0, 0.1) is 12.7 Å². The van der Waals surface area contributed by atoms with Crippen LogP contribution in [0.15, 0.2) is 36.4 Å². The minimum absolute atomic E-state index is 0.299. The molecule has 1 atom stereocenters. The van der Waals surface area contributed by atoms with Gasteiger partial charge in [0.25, 0.3) is 0 Å². The Morgan fingerprint density at radius 2 is 2.14 bits per heavy atom. The van der Waals surface area contributed by atoms with Crippen molar-refractivity contribution in [2.24, 2.45) is 0 Å². The third-order valence-corrected chi connectivity index (χ3v) is 4.04. The molecule has 21 heavy (non-hydrogen) atoms. The van der Waals surface area contributed by atoms with E-state index < -0.39 is 6.10 Å². The van der Waals surface area contributed by atoms with E-state index in [1.165, 1.54) is 5.56 Å². The fourth-order valence-corrected chi connectivity index (χ4v) is 2.78. The van der Waals surface area contributed by atoms with Crippen LogP contribution in [0.2, 0.25) is 0 Å². The van der Waals surface area contributed by atoms with Gasteiger partial charge in [0.15, 0.2) is 0 Å². The Morgan fingerprint density at radius 3 is 3.00 bits per heavy atom.